The number of anilines is 1. The number of hydrogen-bond donors (Lipinski definition) is 1. The number of hydrogen-bond acceptors (Lipinski definition) is 7. The summed E-state index contributed by atoms with van der Waals surface area (Å²) in [5.74, 6) is -0.512. The first kappa shape index (κ1) is 24.6. The summed E-state index contributed by atoms with van der Waals surface area (Å²) >= 11 is 0. The van der Waals surface area contributed by atoms with Crippen molar-refractivity contribution in [3.05, 3.63) is 47.9 Å². The molecule has 2 aromatic rings. The number of piperidine rings is 1. The number of oxazole rings is 1. The number of nitrogens with zero attached hydrogens (tertiary/aromatic N) is 2. The maximum Gasteiger partial charge on any atom is 0.410 e. The van der Waals surface area contributed by atoms with Gasteiger partial charge < -0.3 is 24.1 Å². The first-order valence-corrected chi connectivity index (χ1v) is 11.6. The number of carbonyl (C=O) groups is 2. The Hall–Kier alpha value is -3.03. The number of amides is 1. The molecule has 3 atom stereocenters. The van der Waals surface area contributed by atoms with Crippen molar-refractivity contribution in [3.63, 3.8) is 0 Å². The van der Waals surface area contributed by atoms with Crippen LogP contribution in [-0.4, -0.2) is 52.3 Å². The molecule has 0 bridgehead atoms. The maximum atomic E-state index is 13.2. The summed E-state index contributed by atoms with van der Waals surface area (Å²) in [6, 6.07) is 10.4. The fraction of sp³-hybridized carbons (Fsp3) is 0.560. The predicted octanol–water partition coefficient (Wildman–Crippen LogP) is 5.05. The molecule has 8 heteroatoms. The number of nitrogens with one attached hydrogen (secondary N) is 1. The van der Waals surface area contributed by atoms with E-state index < -0.39 is 11.6 Å². The lowest BCUT2D eigenvalue weighted by Crippen LogP contribution is -2.56. The number of rotatable bonds is 7. The van der Waals surface area contributed by atoms with Gasteiger partial charge in [0, 0.05) is 18.1 Å². The number of likely N-dealkylation sites (tertiary alicyclic amines) is 1. The van der Waals surface area contributed by atoms with Crippen molar-refractivity contribution in [3.8, 4) is 0 Å². The Bertz CT molecular complexity index is 922. The molecule has 1 aliphatic heterocycles. The van der Waals surface area contributed by atoms with E-state index in [2.05, 4.69) is 29.4 Å². The summed E-state index contributed by atoms with van der Waals surface area (Å²) < 4.78 is 16.2. The fourth-order valence-electron chi connectivity index (χ4n) is 4.25. The van der Waals surface area contributed by atoms with Crippen LogP contribution in [0.4, 0.5) is 10.8 Å². The Morgan fingerprint density at radius 2 is 1.85 bits per heavy atom. The number of aromatic nitrogens is 1. The molecule has 1 aromatic carbocycles. The highest BCUT2D eigenvalue weighted by Gasteiger charge is 2.40. The Morgan fingerprint density at radius 1 is 1.15 bits per heavy atom. The Labute approximate surface area is 195 Å². The lowest BCUT2D eigenvalue weighted by Gasteiger charge is -2.45. The van der Waals surface area contributed by atoms with Gasteiger partial charge in [-0.15, -0.1) is 0 Å². The summed E-state index contributed by atoms with van der Waals surface area (Å²) in [7, 11) is 0. The van der Waals surface area contributed by atoms with E-state index in [0.29, 0.717) is 12.8 Å². The molecule has 180 valence electrons. The molecule has 0 saturated carbocycles. The van der Waals surface area contributed by atoms with Crippen LogP contribution in [0.15, 0.2) is 41.0 Å². The van der Waals surface area contributed by atoms with Crippen molar-refractivity contribution in [1.29, 1.82) is 0 Å². The largest absolute Gasteiger partial charge is 0.461 e. The predicted molar refractivity (Wildman–Crippen MR) is 125 cm³/mol. The zero-order valence-corrected chi connectivity index (χ0v) is 20.2. The SMILES string of the molecule is CCOC(=O)c1coc(N[C@H]2C[C@@H](CC)N(C(=O)OC(C)(C)C)[C@@H](Cc3ccccc3)C2)n1. The van der Waals surface area contributed by atoms with Crippen LogP contribution in [-0.2, 0) is 15.9 Å². The molecule has 8 nitrogen and oxygen atoms in total. The quantitative estimate of drug-likeness (QED) is 0.581. The van der Waals surface area contributed by atoms with E-state index in [-0.39, 0.29) is 42.5 Å². The van der Waals surface area contributed by atoms with Crippen LogP contribution in [0.25, 0.3) is 0 Å². The van der Waals surface area contributed by atoms with Crippen LogP contribution in [0, 0.1) is 0 Å². The third kappa shape index (κ3) is 6.73. The summed E-state index contributed by atoms with van der Waals surface area (Å²) in [4.78, 5) is 31.2. The second kappa shape index (κ2) is 10.7. The van der Waals surface area contributed by atoms with Crippen LogP contribution < -0.4 is 5.32 Å². The van der Waals surface area contributed by atoms with Gasteiger partial charge in [0.05, 0.1) is 6.61 Å². The fourth-order valence-corrected chi connectivity index (χ4v) is 4.25. The zero-order chi connectivity index (χ0) is 24.0. The normalized spacial score (nSPS) is 20.9. The number of ether oxygens (including phenoxy) is 2. The molecule has 33 heavy (non-hydrogen) atoms. The molecule has 1 aliphatic rings. The van der Waals surface area contributed by atoms with E-state index in [1.165, 1.54) is 6.26 Å². The van der Waals surface area contributed by atoms with Gasteiger partial charge in [0.2, 0.25) is 0 Å². The third-order valence-electron chi connectivity index (χ3n) is 5.61. The molecule has 0 radical (unpaired) electrons. The summed E-state index contributed by atoms with van der Waals surface area (Å²) in [6.07, 6.45) is 3.94. The molecular weight excluding hydrogens is 422 g/mol. The van der Waals surface area contributed by atoms with E-state index in [0.717, 1.165) is 18.4 Å². The van der Waals surface area contributed by atoms with Crippen LogP contribution in [0.3, 0.4) is 0 Å². The number of esters is 1. The average molecular weight is 458 g/mol. The average Bonchev–Trinajstić information content (AvgIpc) is 3.21. The van der Waals surface area contributed by atoms with Crippen LogP contribution in [0.2, 0.25) is 0 Å². The minimum absolute atomic E-state index is 0.000647. The molecule has 1 N–H and O–H groups in total. The zero-order valence-electron chi connectivity index (χ0n) is 20.2. The van der Waals surface area contributed by atoms with Crippen molar-refractivity contribution in [1.82, 2.24) is 9.88 Å². The van der Waals surface area contributed by atoms with E-state index >= 15 is 0 Å². The first-order valence-electron chi connectivity index (χ1n) is 11.6. The molecule has 2 heterocycles. The smallest absolute Gasteiger partial charge is 0.410 e. The Balaban J connectivity index is 1.80. The highest BCUT2D eigenvalue weighted by Crippen LogP contribution is 2.31. The van der Waals surface area contributed by atoms with Crippen molar-refractivity contribution in [2.24, 2.45) is 0 Å². The van der Waals surface area contributed by atoms with Crippen LogP contribution in [0.1, 0.15) is 69.9 Å². The third-order valence-corrected chi connectivity index (χ3v) is 5.61. The van der Waals surface area contributed by atoms with Crippen molar-refractivity contribution in [2.75, 3.05) is 11.9 Å². The van der Waals surface area contributed by atoms with Crippen molar-refractivity contribution >= 4 is 18.1 Å². The van der Waals surface area contributed by atoms with Gasteiger partial charge in [0.25, 0.3) is 6.01 Å². The molecule has 1 saturated heterocycles. The van der Waals surface area contributed by atoms with Gasteiger partial charge in [-0.3, -0.25) is 0 Å². The van der Waals surface area contributed by atoms with E-state index in [9.17, 15) is 9.59 Å². The summed E-state index contributed by atoms with van der Waals surface area (Å²) in [5, 5.41) is 3.32. The van der Waals surface area contributed by atoms with E-state index in [1.54, 1.807) is 6.92 Å². The lowest BCUT2D eigenvalue weighted by molar-refractivity contribution is -0.00753. The molecule has 1 fully saturated rings. The summed E-state index contributed by atoms with van der Waals surface area (Å²) in [6.45, 7) is 9.75. The standard InChI is InChI=1S/C25H35N3O5/c1-6-19-14-18(26-23-27-21(16-32-23)22(29)31-7-2)15-20(13-17-11-9-8-10-12-17)28(19)24(30)33-25(3,4)5/h8-12,16,18-20H,6-7,13-15H2,1-5H3,(H,26,27)/t18-,19+,20-/m0/s1. The second-order valence-corrected chi connectivity index (χ2v) is 9.36. The first-order chi connectivity index (χ1) is 15.7. The molecule has 1 aromatic heterocycles. The highest BCUT2D eigenvalue weighted by atomic mass is 16.6. The lowest BCUT2D eigenvalue weighted by atomic mass is 9.87. The highest BCUT2D eigenvalue weighted by molar-refractivity contribution is 5.87. The molecule has 0 aliphatic carbocycles. The van der Waals surface area contributed by atoms with Crippen molar-refractivity contribution in [2.45, 2.75) is 84.0 Å². The van der Waals surface area contributed by atoms with Gasteiger partial charge >= 0.3 is 12.1 Å². The van der Waals surface area contributed by atoms with E-state index in [1.807, 2.05) is 43.9 Å². The van der Waals surface area contributed by atoms with Gasteiger partial charge in [-0.1, -0.05) is 37.3 Å². The Morgan fingerprint density at radius 3 is 2.48 bits per heavy atom. The topological polar surface area (TPSA) is 93.9 Å². The van der Waals surface area contributed by atoms with Gasteiger partial charge in [0.15, 0.2) is 5.69 Å². The number of benzene rings is 1. The molecule has 0 spiro atoms. The van der Waals surface area contributed by atoms with Gasteiger partial charge in [0.1, 0.15) is 11.9 Å². The van der Waals surface area contributed by atoms with Gasteiger partial charge in [-0.05, 0) is 58.9 Å². The monoisotopic (exact) mass is 457 g/mol. The number of carbonyl (C=O) groups excluding carboxylic acids is 2. The molecule has 3 rings (SSSR count). The van der Waals surface area contributed by atoms with Crippen LogP contribution >= 0.6 is 0 Å². The van der Waals surface area contributed by atoms with Crippen LogP contribution in [0.5, 0.6) is 0 Å². The van der Waals surface area contributed by atoms with Crippen molar-refractivity contribution < 1.29 is 23.5 Å². The molecule has 1 amide bonds. The molecule has 0 unspecified atom stereocenters. The minimum Gasteiger partial charge on any atom is -0.461 e. The second-order valence-electron chi connectivity index (χ2n) is 9.36. The molecular formula is C25H35N3O5. The van der Waals surface area contributed by atoms with Gasteiger partial charge in [-0.25, -0.2) is 9.59 Å². The van der Waals surface area contributed by atoms with E-state index in [4.69, 9.17) is 13.9 Å². The Kier molecular flexibility index (Phi) is 8.00. The minimum atomic E-state index is -0.566. The summed E-state index contributed by atoms with van der Waals surface area (Å²) in [5.41, 5.74) is 0.731. The van der Waals surface area contributed by atoms with Gasteiger partial charge in [-0.2, -0.15) is 4.98 Å². The maximum absolute atomic E-state index is 13.2.